The molecule has 1 aromatic heterocycles. The van der Waals surface area contributed by atoms with Crippen molar-refractivity contribution < 1.29 is 23.8 Å². The molecule has 0 unspecified atom stereocenters. The van der Waals surface area contributed by atoms with Crippen molar-refractivity contribution in [3.8, 4) is 5.69 Å². The Labute approximate surface area is 149 Å². The number of hydrogen-bond acceptors (Lipinski definition) is 4. The van der Waals surface area contributed by atoms with E-state index in [9.17, 15) is 19.1 Å². The number of halogens is 1. The summed E-state index contributed by atoms with van der Waals surface area (Å²) in [7, 11) is 0. The third kappa shape index (κ3) is 3.75. The van der Waals surface area contributed by atoms with E-state index in [0.29, 0.717) is 43.0 Å². The van der Waals surface area contributed by atoms with Gasteiger partial charge in [-0.25, -0.2) is 9.07 Å². The molecule has 8 heteroatoms. The summed E-state index contributed by atoms with van der Waals surface area (Å²) in [5.74, 6) is -1.70. The Balaban J connectivity index is 1.83. The van der Waals surface area contributed by atoms with Crippen LogP contribution in [0.15, 0.2) is 30.5 Å². The van der Waals surface area contributed by atoms with E-state index >= 15 is 0 Å². The highest BCUT2D eigenvalue weighted by Crippen LogP contribution is 2.26. The van der Waals surface area contributed by atoms with Gasteiger partial charge in [0, 0.05) is 13.2 Å². The number of nitrogens with zero attached hydrogens (tertiary/aromatic N) is 2. The minimum absolute atomic E-state index is 0.159. The average molecular weight is 361 g/mol. The molecule has 2 N–H and O–H groups in total. The molecule has 3 rings (SSSR count). The zero-order valence-electron chi connectivity index (χ0n) is 14.4. The van der Waals surface area contributed by atoms with E-state index in [1.54, 1.807) is 23.7 Å². The number of carboxylic acids is 1. The number of rotatable bonds is 5. The Morgan fingerprint density at radius 2 is 1.96 bits per heavy atom. The molecule has 2 aromatic rings. The van der Waals surface area contributed by atoms with E-state index in [4.69, 9.17) is 4.74 Å². The van der Waals surface area contributed by atoms with Crippen molar-refractivity contribution in [1.29, 1.82) is 0 Å². The van der Waals surface area contributed by atoms with E-state index in [-0.39, 0.29) is 18.1 Å². The second kappa shape index (κ2) is 7.25. The van der Waals surface area contributed by atoms with Gasteiger partial charge in [-0.15, -0.1) is 0 Å². The highest BCUT2D eigenvalue weighted by atomic mass is 19.1. The smallest absolute Gasteiger partial charge is 0.305 e. The number of benzene rings is 1. The molecule has 0 saturated carbocycles. The average Bonchev–Trinajstić information content (AvgIpc) is 2.97. The van der Waals surface area contributed by atoms with Gasteiger partial charge in [0.1, 0.15) is 5.82 Å². The molecular formula is C18H20FN3O4. The first-order valence-corrected chi connectivity index (χ1v) is 8.33. The number of aliphatic carboxylic acids is 1. The van der Waals surface area contributed by atoms with E-state index in [0.717, 1.165) is 0 Å². The van der Waals surface area contributed by atoms with Crippen LogP contribution in [-0.2, 0) is 9.53 Å². The number of aromatic nitrogens is 2. The van der Waals surface area contributed by atoms with Gasteiger partial charge >= 0.3 is 5.97 Å². The molecule has 1 saturated heterocycles. The van der Waals surface area contributed by atoms with Crippen LogP contribution in [0.2, 0.25) is 0 Å². The van der Waals surface area contributed by atoms with Gasteiger partial charge in [0.05, 0.1) is 35.1 Å². The first-order valence-electron chi connectivity index (χ1n) is 8.33. The number of hydrogen-bond donors (Lipinski definition) is 2. The normalized spacial score (nSPS) is 16.2. The van der Waals surface area contributed by atoms with E-state index < -0.39 is 11.5 Å². The first kappa shape index (κ1) is 18.1. The minimum Gasteiger partial charge on any atom is -0.481 e. The third-order valence-electron chi connectivity index (χ3n) is 4.64. The van der Waals surface area contributed by atoms with E-state index in [1.807, 2.05) is 0 Å². The first-order chi connectivity index (χ1) is 12.4. The van der Waals surface area contributed by atoms with Gasteiger partial charge in [-0.3, -0.25) is 9.59 Å². The molecule has 7 nitrogen and oxygen atoms in total. The monoisotopic (exact) mass is 361 g/mol. The summed E-state index contributed by atoms with van der Waals surface area (Å²) in [4.78, 5) is 24.0. The highest BCUT2D eigenvalue weighted by Gasteiger charge is 2.37. The van der Waals surface area contributed by atoms with Crippen LogP contribution in [0.25, 0.3) is 5.69 Å². The van der Waals surface area contributed by atoms with Gasteiger partial charge in [-0.05, 0) is 44.0 Å². The number of carbonyl (C=O) groups is 2. The number of carboxylic acid groups (broad SMARTS) is 1. The summed E-state index contributed by atoms with van der Waals surface area (Å²) in [6.07, 6.45) is 2.15. The van der Waals surface area contributed by atoms with Crippen molar-refractivity contribution in [1.82, 2.24) is 15.1 Å². The lowest BCUT2D eigenvalue weighted by Crippen LogP contribution is -2.53. The van der Waals surface area contributed by atoms with Gasteiger partial charge in [-0.2, -0.15) is 5.10 Å². The van der Waals surface area contributed by atoms with Crippen LogP contribution in [0.3, 0.4) is 0 Å². The maximum Gasteiger partial charge on any atom is 0.305 e. The van der Waals surface area contributed by atoms with Crippen molar-refractivity contribution in [3.05, 3.63) is 47.5 Å². The second-order valence-electron chi connectivity index (χ2n) is 6.45. The summed E-state index contributed by atoms with van der Waals surface area (Å²) in [5, 5.41) is 16.3. The van der Waals surface area contributed by atoms with Gasteiger partial charge in [0.2, 0.25) is 0 Å². The van der Waals surface area contributed by atoms with Gasteiger partial charge < -0.3 is 15.2 Å². The molecule has 0 radical (unpaired) electrons. The summed E-state index contributed by atoms with van der Waals surface area (Å²) < 4.78 is 19.9. The molecule has 138 valence electrons. The maximum absolute atomic E-state index is 13.1. The molecule has 1 aromatic carbocycles. The fourth-order valence-electron chi connectivity index (χ4n) is 3.18. The van der Waals surface area contributed by atoms with Gasteiger partial charge in [0.15, 0.2) is 0 Å². The molecule has 0 aliphatic carbocycles. The molecule has 1 amide bonds. The molecule has 0 spiro atoms. The predicted molar refractivity (Wildman–Crippen MR) is 90.8 cm³/mol. The molecule has 1 aliphatic rings. The lowest BCUT2D eigenvalue weighted by atomic mass is 9.86. The zero-order chi connectivity index (χ0) is 18.7. The summed E-state index contributed by atoms with van der Waals surface area (Å²) in [5.41, 5.74) is 0.748. The Kier molecular flexibility index (Phi) is 5.03. The number of carbonyl (C=O) groups excluding carboxylic acids is 1. The SMILES string of the molecule is Cc1c(C(=O)NC2(CC(=O)O)CCOCC2)cnn1-c1ccc(F)cc1. The van der Waals surface area contributed by atoms with Gasteiger partial charge in [0.25, 0.3) is 5.91 Å². The molecule has 0 bridgehead atoms. The standard InChI is InChI=1S/C18H20FN3O4/c1-12-15(11-20-22(12)14-4-2-13(19)3-5-14)17(25)21-18(10-16(23)24)6-8-26-9-7-18/h2-5,11H,6-10H2,1H3,(H,21,25)(H,23,24). The van der Waals surface area contributed by atoms with E-state index in [2.05, 4.69) is 10.4 Å². The van der Waals surface area contributed by atoms with Crippen LogP contribution < -0.4 is 5.32 Å². The quantitative estimate of drug-likeness (QED) is 0.850. The van der Waals surface area contributed by atoms with Crippen molar-refractivity contribution in [2.75, 3.05) is 13.2 Å². The summed E-state index contributed by atoms with van der Waals surface area (Å²) in [6.45, 7) is 2.54. The van der Waals surface area contributed by atoms with Crippen LogP contribution in [0.4, 0.5) is 4.39 Å². The predicted octanol–water partition coefficient (Wildman–Crippen LogP) is 2.07. The van der Waals surface area contributed by atoms with Crippen molar-refractivity contribution in [2.24, 2.45) is 0 Å². The third-order valence-corrected chi connectivity index (χ3v) is 4.64. The minimum atomic E-state index is -0.967. The fourth-order valence-corrected chi connectivity index (χ4v) is 3.18. The zero-order valence-corrected chi connectivity index (χ0v) is 14.4. The number of nitrogens with one attached hydrogen (secondary N) is 1. The second-order valence-corrected chi connectivity index (χ2v) is 6.45. The van der Waals surface area contributed by atoms with Gasteiger partial charge in [-0.1, -0.05) is 0 Å². The maximum atomic E-state index is 13.1. The molecule has 1 fully saturated rings. The van der Waals surface area contributed by atoms with Crippen molar-refractivity contribution in [3.63, 3.8) is 0 Å². The lowest BCUT2D eigenvalue weighted by Gasteiger charge is -2.36. The van der Waals surface area contributed by atoms with E-state index in [1.165, 1.54) is 18.3 Å². The van der Waals surface area contributed by atoms with Crippen molar-refractivity contribution >= 4 is 11.9 Å². The Morgan fingerprint density at radius 1 is 1.31 bits per heavy atom. The molecule has 2 heterocycles. The lowest BCUT2D eigenvalue weighted by molar-refractivity contribution is -0.139. The highest BCUT2D eigenvalue weighted by molar-refractivity contribution is 5.96. The topological polar surface area (TPSA) is 93.5 Å². The molecular weight excluding hydrogens is 341 g/mol. The van der Waals surface area contributed by atoms with Crippen LogP contribution >= 0.6 is 0 Å². The number of ether oxygens (including phenoxy) is 1. The largest absolute Gasteiger partial charge is 0.481 e. The fraction of sp³-hybridized carbons (Fsp3) is 0.389. The molecule has 26 heavy (non-hydrogen) atoms. The van der Waals surface area contributed by atoms with Crippen molar-refractivity contribution in [2.45, 2.75) is 31.7 Å². The molecule has 1 aliphatic heterocycles. The van der Waals surface area contributed by atoms with Crippen LogP contribution in [0.5, 0.6) is 0 Å². The van der Waals surface area contributed by atoms with Crippen LogP contribution in [0.1, 0.15) is 35.3 Å². The Hall–Kier alpha value is -2.74. The van der Waals surface area contributed by atoms with Crippen LogP contribution in [0, 0.1) is 12.7 Å². The molecule has 0 atom stereocenters. The Morgan fingerprint density at radius 3 is 2.58 bits per heavy atom. The summed E-state index contributed by atoms with van der Waals surface area (Å²) in [6, 6.07) is 5.78. The Bertz CT molecular complexity index is 810. The van der Waals surface area contributed by atoms with Crippen LogP contribution in [-0.4, -0.2) is 45.5 Å². The summed E-state index contributed by atoms with van der Waals surface area (Å²) >= 11 is 0. The number of amides is 1.